The number of rotatable bonds is 1. The normalized spacial score (nSPS) is 12.0. The molecule has 0 heterocycles. The molecule has 0 aromatic carbocycles. The summed E-state index contributed by atoms with van der Waals surface area (Å²) in [7, 11) is 1.81. The molecule has 0 fully saturated rings. The summed E-state index contributed by atoms with van der Waals surface area (Å²) >= 11 is 9.40. The van der Waals surface area contributed by atoms with Crippen molar-refractivity contribution in [3.05, 3.63) is 0 Å². The molecule has 0 spiro atoms. The zero-order chi connectivity index (χ0) is 5.21. The fraction of sp³-hybridized carbons (Fsp3) is 1.00. The zero-order valence-electron chi connectivity index (χ0n) is 2.42. The topological polar surface area (TPSA) is 0 Å². The fourth-order valence-corrected chi connectivity index (χ4v) is 0. The fourth-order valence-electron chi connectivity index (χ4n) is 0. The summed E-state index contributed by atoms with van der Waals surface area (Å²) in [6.07, 6.45) is 0. The maximum Gasteiger partial charge on any atom is 0.178 e. The second kappa shape index (κ2) is 4.14. The lowest BCUT2D eigenvalue weighted by molar-refractivity contribution is 2.28. The van der Waals surface area contributed by atoms with E-state index in [-0.39, 0.29) is 0 Å². The number of hydrogen-bond acceptors (Lipinski definition) is 1. The van der Waals surface area contributed by atoms with E-state index in [1.807, 2.05) is 8.93 Å². The van der Waals surface area contributed by atoms with Gasteiger partial charge in [-0.1, -0.05) is 8.93 Å². The number of hydrogen-bond donors (Lipinski definition) is 0. The molecule has 0 aliphatic rings. The highest BCUT2D eigenvalue weighted by Crippen LogP contribution is 2.49. The Bertz CT molecular complexity index is 37.3. The van der Waals surface area contributed by atoms with Crippen molar-refractivity contribution in [1.82, 2.24) is 0 Å². The Balaban J connectivity index is 3.17. The van der Waals surface area contributed by atoms with Crippen LogP contribution in [0.2, 0.25) is 0 Å². The molecule has 6 heavy (non-hydrogen) atoms. The van der Waals surface area contributed by atoms with E-state index in [9.17, 15) is 0 Å². The Morgan fingerprint density at radius 2 is 1.33 bits per heavy atom. The van der Waals surface area contributed by atoms with Crippen molar-refractivity contribution in [2.24, 2.45) is 0 Å². The minimum atomic E-state index is 0.355. The van der Waals surface area contributed by atoms with Gasteiger partial charge in [0, 0.05) is 0 Å². The predicted octanol–water partition coefficient (Wildman–Crippen LogP) is 3.99. The van der Waals surface area contributed by atoms with Crippen molar-refractivity contribution in [3.63, 3.8) is 0 Å². The molecule has 0 radical (unpaired) electrons. The van der Waals surface area contributed by atoms with Crippen LogP contribution in [0.15, 0.2) is 0 Å². The van der Waals surface area contributed by atoms with Gasteiger partial charge in [-0.05, 0) is 89.0 Å². The van der Waals surface area contributed by atoms with E-state index in [4.69, 9.17) is 0 Å². The van der Waals surface area contributed by atoms with Crippen LogP contribution >= 0.6 is 97.9 Å². The lowest BCUT2D eigenvalue weighted by atomic mass is 11.9. The van der Waals surface area contributed by atoms with Crippen LogP contribution in [0, 0.1) is 0 Å². The monoisotopic (exact) mass is 552 g/mol. The Hall–Kier alpha value is 3.27. The summed E-state index contributed by atoms with van der Waals surface area (Å²) in [4.78, 5) is 0. The Labute approximate surface area is 94.4 Å². The third-order valence-electron chi connectivity index (χ3n) is 0.0875. The second-order valence-electron chi connectivity index (χ2n) is 0.523. The van der Waals surface area contributed by atoms with Crippen molar-refractivity contribution in [3.8, 4) is 0 Å². The molecule has 0 saturated carbocycles. The van der Waals surface area contributed by atoms with Crippen LogP contribution in [-0.4, -0.2) is -1.23 Å². The van der Waals surface area contributed by atoms with Crippen molar-refractivity contribution in [1.29, 1.82) is 0 Å². The molecular weight excluding hydrogens is 552 g/mol. The minimum absolute atomic E-state index is 0.355. The molecule has 0 atom stereocenters. The minimum Gasteiger partial charge on any atom is -0.0502 e. The summed E-state index contributed by atoms with van der Waals surface area (Å²) in [5.41, 5.74) is 0. The van der Waals surface area contributed by atoms with Gasteiger partial charge < -0.3 is 0 Å². The SMILES string of the molecule is ISC(I)(I)I. The van der Waals surface area contributed by atoms with Crippen molar-refractivity contribution in [2.45, 2.75) is -1.23 Å². The zero-order valence-corrected chi connectivity index (χ0v) is 11.9. The molecule has 0 nitrogen and oxygen atoms in total. The van der Waals surface area contributed by atoms with Gasteiger partial charge in [-0.3, -0.25) is 0 Å². The Kier molecular flexibility index (Phi) is 6.40. The van der Waals surface area contributed by atoms with Gasteiger partial charge in [-0.25, -0.2) is 0 Å². The second-order valence-corrected chi connectivity index (χ2v) is 15.9. The first-order chi connectivity index (χ1) is 2.56. The van der Waals surface area contributed by atoms with E-state index in [2.05, 4.69) is 89.0 Å². The van der Waals surface area contributed by atoms with Gasteiger partial charge in [0.2, 0.25) is 0 Å². The average Bonchev–Trinajstić information content (AvgIpc) is 1.35. The molecule has 0 N–H and O–H groups in total. The average molecular weight is 552 g/mol. The van der Waals surface area contributed by atoms with E-state index >= 15 is 0 Å². The van der Waals surface area contributed by atoms with Gasteiger partial charge in [0.1, 0.15) is 0 Å². The van der Waals surface area contributed by atoms with Crippen molar-refractivity contribution >= 4 is 97.9 Å². The molecule has 0 aliphatic carbocycles. The smallest absolute Gasteiger partial charge is 0.0502 e. The van der Waals surface area contributed by atoms with Crippen LogP contribution in [-0.2, 0) is 0 Å². The predicted molar refractivity (Wildman–Crippen MR) is 66.4 cm³/mol. The first-order valence-corrected chi connectivity index (χ1v) is 7.52. The Morgan fingerprint density at radius 1 is 1.17 bits per heavy atom. The molecule has 5 heteroatoms. The van der Waals surface area contributed by atoms with Crippen LogP contribution in [0.4, 0.5) is 0 Å². The largest absolute Gasteiger partial charge is 0.178 e. The summed E-state index contributed by atoms with van der Waals surface area (Å²) < 4.78 is 0.355. The molecular formula is CI4S. The van der Waals surface area contributed by atoms with Gasteiger partial charge in [-0.2, -0.15) is 0 Å². The van der Waals surface area contributed by atoms with Gasteiger partial charge in [0.25, 0.3) is 0 Å². The molecule has 0 unspecified atom stereocenters. The first kappa shape index (κ1) is 9.27. The van der Waals surface area contributed by atoms with Crippen LogP contribution in [0.5, 0.6) is 0 Å². The summed E-state index contributed by atoms with van der Waals surface area (Å²) in [6.45, 7) is 0. The van der Waals surface area contributed by atoms with Crippen LogP contribution in [0.1, 0.15) is 0 Å². The van der Waals surface area contributed by atoms with Crippen LogP contribution < -0.4 is 0 Å². The standard InChI is InChI=1S/CI4S/c2-1(3,4)6-5. The van der Waals surface area contributed by atoms with Gasteiger partial charge >= 0.3 is 0 Å². The summed E-state index contributed by atoms with van der Waals surface area (Å²) in [5, 5.41) is 0. The molecule has 0 aromatic heterocycles. The van der Waals surface area contributed by atoms with Gasteiger partial charge in [0.15, 0.2) is -1.23 Å². The highest BCUT2D eigenvalue weighted by atomic mass is 127. The van der Waals surface area contributed by atoms with Crippen LogP contribution in [0.25, 0.3) is 0 Å². The highest BCUT2D eigenvalue weighted by Gasteiger charge is 2.14. The highest BCUT2D eigenvalue weighted by molar-refractivity contribution is 14.3. The van der Waals surface area contributed by atoms with E-state index in [1.54, 1.807) is 0 Å². The Morgan fingerprint density at radius 3 is 1.33 bits per heavy atom. The van der Waals surface area contributed by atoms with Crippen LogP contribution in [0.3, 0.4) is 0 Å². The quantitative estimate of drug-likeness (QED) is 0.351. The molecule has 0 bridgehead atoms. The molecule has 0 aliphatic heterocycles. The first-order valence-electron chi connectivity index (χ1n) is 0.925. The number of halogens is 4. The van der Waals surface area contributed by atoms with E-state index < -0.39 is 0 Å². The molecule has 0 aromatic rings. The van der Waals surface area contributed by atoms with E-state index in [0.29, 0.717) is -1.23 Å². The van der Waals surface area contributed by atoms with Crippen molar-refractivity contribution in [2.75, 3.05) is 0 Å². The maximum absolute atomic E-state index is 2.37. The third-order valence-corrected chi connectivity index (χ3v) is 11.8. The van der Waals surface area contributed by atoms with E-state index in [0.717, 1.165) is 0 Å². The molecule has 0 rings (SSSR count). The third kappa shape index (κ3) is 7.27. The lowest BCUT2D eigenvalue weighted by Crippen LogP contribution is -1.80. The lowest BCUT2D eigenvalue weighted by Gasteiger charge is -2.02. The van der Waals surface area contributed by atoms with E-state index in [1.165, 1.54) is 0 Å². The maximum atomic E-state index is 2.37. The summed E-state index contributed by atoms with van der Waals surface area (Å²) in [5.74, 6) is 0. The summed E-state index contributed by atoms with van der Waals surface area (Å²) in [6, 6.07) is 0. The van der Waals surface area contributed by atoms with Crippen molar-refractivity contribution < 1.29 is 0 Å². The molecule has 0 saturated heterocycles. The number of alkyl halides is 3. The van der Waals surface area contributed by atoms with Gasteiger partial charge in [-0.15, -0.1) is 0 Å². The molecule has 38 valence electrons. The molecule has 0 amide bonds. The van der Waals surface area contributed by atoms with Gasteiger partial charge in [0.05, 0.1) is 0 Å².